The zero-order chi connectivity index (χ0) is 9.72. The van der Waals surface area contributed by atoms with Gasteiger partial charge in [0, 0.05) is 5.92 Å². The Morgan fingerprint density at radius 2 is 1.92 bits per heavy atom. The lowest BCUT2D eigenvalue weighted by atomic mass is 9.95. The number of carbonyl (C=O) groups is 2. The topological polar surface area (TPSA) is 86.2 Å². The first-order chi connectivity index (χ1) is 5.49. The standard InChI is InChI=1S/C8H16N2O2/c1-3-6(8(10)12)4-7(9)5(2)11/h6-7H,3-4,9H2,1-2H3,(H2,10,12). The van der Waals surface area contributed by atoms with E-state index in [4.69, 9.17) is 11.5 Å². The summed E-state index contributed by atoms with van der Waals surface area (Å²) in [5.41, 5.74) is 10.6. The van der Waals surface area contributed by atoms with Crippen molar-refractivity contribution in [3.05, 3.63) is 0 Å². The lowest BCUT2D eigenvalue weighted by molar-refractivity contribution is -0.123. The second kappa shape index (κ2) is 4.87. The van der Waals surface area contributed by atoms with Crippen LogP contribution in [-0.4, -0.2) is 17.7 Å². The lowest BCUT2D eigenvalue weighted by Gasteiger charge is -2.13. The molecule has 70 valence electrons. The lowest BCUT2D eigenvalue weighted by Crippen LogP contribution is -2.35. The third-order valence-corrected chi connectivity index (χ3v) is 1.96. The molecule has 0 fully saturated rings. The largest absolute Gasteiger partial charge is 0.369 e. The van der Waals surface area contributed by atoms with Crippen LogP contribution in [0.5, 0.6) is 0 Å². The SMILES string of the molecule is CCC(CC(N)C(C)=O)C(N)=O. The van der Waals surface area contributed by atoms with Crippen LogP contribution in [0.4, 0.5) is 0 Å². The van der Waals surface area contributed by atoms with Crippen molar-refractivity contribution in [3.8, 4) is 0 Å². The van der Waals surface area contributed by atoms with E-state index >= 15 is 0 Å². The summed E-state index contributed by atoms with van der Waals surface area (Å²) >= 11 is 0. The van der Waals surface area contributed by atoms with Gasteiger partial charge in [0.1, 0.15) is 5.78 Å². The molecule has 4 nitrogen and oxygen atoms in total. The average Bonchev–Trinajstić information content (AvgIpc) is 1.98. The molecule has 2 unspecified atom stereocenters. The molecule has 1 amide bonds. The normalized spacial score (nSPS) is 15.2. The minimum Gasteiger partial charge on any atom is -0.369 e. The highest BCUT2D eigenvalue weighted by Crippen LogP contribution is 2.09. The zero-order valence-corrected chi connectivity index (χ0v) is 7.54. The van der Waals surface area contributed by atoms with Crippen LogP contribution in [0, 0.1) is 5.92 Å². The van der Waals surface area contributed by atoms with Crippen molar-refractivity contribution in [2.75, 3.05) is 0 Å². The Bertz CT molecular complexity index is 180. The molecule has 0 saturated heterocycles. The molecule has 0 heterocycles. The van der Waals surface area contributed by atoms with Gasteiger partial charge in [0.25, 0.3) is 0 Å². The Morgan fingerprint density at radius 3 is 2.17 bits per heavy atom. The van der Waals surface area contributed by atoms with Gasteiger partial charge in [0.2, 0.25) is 5.91 Å². The summed E-state index contributed by atoms with van der Waals surface area (Å²) in [7, 11) is 0. The van der Waals surface area contributed by atoms with Gasteiger partial charge in [-0.1, -0.05) is 6.92 Å². The molecule has 0 aliphatic carbocycles. The molecule has 0 aromatic rings. The van der Waals surface area contributed by atoms with Crippen molar-refractivity contribution < 1.29 is 9.59 Å². The summed E-state index contributed by atoms with van der Waals surface area (Å²) in [6.45, 7) is 3.26. The van der Waals surface area contributed by atoms with E-state index in [-0.39, 0.29) is 17.6 Å². The van der Waals surface area contributed by atoms with Crippen LogP contribution in [-0.2, 0) is 9.59 Å². The Kier molecular flexibility index (Phi) is 4.51. The summed E-state index contributed by atoms with van der Waals surface area (Å²) in [5, 5.41) is 0. The first kappa shape index (κ1) is 11.1. The maximum absolute atomic E-state index is 10.7. The molecule has 4 heteroatoms. The van der Waals surface area contributed by atoms with Crippen molar-refractivity contribution in [1.29, 1.82) is 0 Å². The number of carbonyl (C=O) groups excluding carboxylic acids is 2. The Labute approximate surface area is 72.3 Å². The minimum absolute atomic E-state index is 0.102. The monoisotopic (exact) mass is 172 g/mol. The number of primary amides is 1. The highest BCUT2D eigenvalue weighted by Gasteiger charge is 2.19. The van der Waals surface area contributed by atoms with Crippen LogP contribution in [0.2, 0.25) is 0 Å². The Balaban J connectivity index is 4.02. The molecule has 0 spiro atoms. The first-order valence-electron chi connectivity index (χ1n) is 4.04. The molecule has 0 aromatic carbocycles. The molecule has 0 rings (SSSR count). The highest BCUT2D eigenvalue weighted by molar-refractivity contribution is 5.83. The fourth-order valence-corrected chi connectivity index (χ4v) is 0.956. The van der Waals surface area contributed by atoms with E-state index in [1.807, 2.05) is 6.92 Å². The van der Waals surface area contributed by atoms with E-state index in [1.165, 1.54) is 6.92 Å². The fourth-order valence-electron chi connectivity index (χ4n) is 0.956. The molecule has 0 aliphatic rings. The van der Waals surface area contributed by atoms with Gasteiger partial charge in [-0.05, 0) is 19.8 Å². The van der Waals surface area contributed by atoms with E-state index in [0.717, 1.165) is 0 Å². The predicted molar refractivity (Wildman–Crippen MR) is 46.2 cm³/mol. The first-order valence-corrected chi connectivity index (χ1v) is 4.04. The van der Waals surface area contributed by atoms with Crippen molar-refractivity contribution in [2.24, 2.45) is 17.4 Å². The van der Waals surface area contributed by atoms with Gasteiger partial charge < -0.3 is 11.5 Å². The van der Waals surface area contributed by atoms with Crippen LogP contribution >= 0.6 is 0 Å². The summed E-state index contributed by atoms with van der Waals surface area (Å²) in [5.74, 6) is -0.757. The van der Waals surface area contributed by atoms with E-state index in [2.05, 4.69) is 0 Å². The van der Waals surface area contributed by atoms with E-state index in [9.17, 15) is 9.59 Å². The Morgan fingerprint density at radius 1 is 1.42 bits per heavy atom. The van der Waals surface area contributed by atoms with Crippen molar-refractivity contribution in [3.63, 3.8) is 0 Å². The van der Waals surface area contributed by atoms with E-state index in [1.54, 1.807) is 0 Å². The summed E-state index contributed by atoms with van der Waals surface area (Å²) in [4.78, 5) is 21.5. The van der Waals surface area contributed by atoms with Gasteiger partial charge in [-0.25, -0.2) is 0 Å². The van der Waals surface area contributed by atoms with Crippen LogP contribution in [0.3, 0.4) is 0 Å². The minimum atomic E-state index is -0.553. The highest BCUT2D eigenvalue weighted by atomic mass is 16.1. The van der Waals surface area contributed by atoms with Crippen LogP contribution < -0.4 is 11.5 Å². The maximum atomic E-state index is 10.7. The fraction of sp³-hybridized carbons (Fsp3) is 0.750. The third-order valence-electron chi connectivity index (χ3n) is 1.96. The maximum Gasteiger partial charge on any atom is 0.220 e. The van der Waals surface area contributed by atoms with Crippen molar-refractivity contribution in [2.45, 2.75) is 32.7 Å². The zero-order valence-electron chi connectivity index (χ0n) is 7.54. The summed E-state index contributed by atoms with van der Waals surface area (Å²) < 4.78 is 0. The molecule has 0 aliphatic heterocycles. The summed E-state index contributed by atoms with van der Waals surface area (Å²) in [6.07, 6.45) is 0.998. The molecule has 12 heavy (non-hydrogen) atoms. The number of ketones is 1. The number of Topliss-reactive ketones (excluding diaryl/α,β-unsaturated/α-hetero) is 1. The van der Waals surface area contributed by atoms with Gasteiger partial charge in [0.15, 0.2) is 0 Å². The molecule has 0 aromatic heterocycles. The molecule has 2 atom stereocenters. The molecule has 0 bridgehead atoms. The molecular weight excluding hydrogens is 156 g/mol. The van der Waals surface area contributed by atoms with Gasteiger partial charge in [-0.15, -0.1) is 0 Å². The van der Waals surface area contributed by atoms with Gasteiger partial charge in [-0.2, -0.15) is 0 Å². The van der Waals surface area contributed by atoms with Gasteiger partial charge in [-0.3, -0.25) is 9.59 Å². The predicted octanol–water partition coefficient (Wildman–Crippen LogP) is -0.196. The quantitative estimate of drug-likeness (QED) is 0.602. The second-order valence-electron chi connectivity index (χ2n) is 2.96. The third kappa shape index (κ3) is 3.48. The smallest absolute Gasteiger partial charge is 0.220 e. The molecule has 4 N–H and O–H groups in total. The summed E-state index contributed by atoms with van der Waals surface area (Å²) in [6, 6.07) is -0.553. The molecule has 0 radical (unpaired) electrons. The second-order valence-corrected chi connectivity index (χ2v) is 2.96. The van der Waals surface area contributed by atoms with Crippen molar-refractivity contribution >= 4 is 11.7 Å². The van der Waals surface area contributed by atoms with E-state index in [0.29, 0.717) is 12.8 Å². The number of hydrogen-bond acceptors (Lipinski definition) is 3. The van der Waals surface area contributed by atoms with E-state index < -0.39 is 6.04 Å². The van der Waals surface area contributed by atoms with Crippen LogP contribution in [0.25, 0.3) is 0 Å². The van der Waals surface area contributed by atoms with Crippen LogP contribution in [0.1, 0.15) is 26.7 Å². The number of amides is 1. The van der Waals surface area contributed by atoms with Crippen molar-refractivity contribution in [1.82, 2.24) is 0 Å². The average molecular weight is 172 g/mol. The number of nitrogens with two attached hydrogens (primary N) is 2. The molecular formula is C8H16N2O2. The number of rotatable bonds is 5. The van der Waals surface area contributed by atoms with Gasteiger partial charge in [0.05, 0.1) is 6.04 Å². The van der Waals surface area contributed by atoms with Gasteiger partial charge >= 0.3 is 0 Å². The Hall–Kier alpha value is -0.900. The van der Waals surface area contributed by atoms with Crippen LogP contribution in [0.15, 0.2) is 0 Å². The molecule has 0 saturated carbocycles. The number of hydrogen-bond donors (Lipinski definition) is 2.